The van der Waals surface area contributed by atoms with Crippen molar-refractivity contribution in [3.8, 4) is 5.75 Å². The molecule has 0 spiro atoms. The fraction of sp³-hybridized carbons (Fsp3) is 0.600. The Morgan fingerprint density at radius 3 is 2.68 bits per heavy atom. The average molecular weight is 307 g/mol. The third-order valence-corrected chi connectivity index (χ3v) is 3.76. The van der Waals surface area contributed by atoms with E-state index in [0.717, 1.165) is 6.42 Å². The van der Waals surface area contributed by atoms with Gasteiger partial charge in [-0.25, -0.2) is 0 Å². The molecule has 7 nitrogen and oxygen atoms in total. The van der Waals surface area contributed by atoms with Gasteiger partial charge < -0.3 is 19.8 Å². The topological polar surface area (TPSA) is 85.6 Å². The number of amides is 1. The second-order valence-corrected chi connectivity index (χ2v) is 6.03. The fourth-order valence-electron chi connectivity index (χ4n) is 2.95. The van der Waals surface area contributed by atoms with E-state index in [1.165, 1.54) is 12.3 Å². The van der Waals surface area contributed by atoms with E-state index in [1.807, 2.05) is 0 Å². The molecule has 7 heteroatoms. The molecule has 0 N–H and O–H groups in total. The molecule has 0 radical (unpaired) electrons. The molecular formula is C15H21N3O4. The fourth-order valence-corrected chi connectivity index (χ4v) is 2.95. The van der Waals surface area contributed by atoms with Gasteiger partial charge in [0.15, 0.2) is 6.10 Å². The Kier molecular flexibility index (Phi) is 4.95. The number of carbonyl (C=O) groups excluding carboxylic acids is 1. The zero-order valence-corrected chi connectivity index (χ0v) is 13.1. The molecule has 3 atom stereocenters. The Labute approximate surface area is 129 Å². The minimum absolute atomic E-state index is 0.0199. The van der Waals surface area contributed by atoms with Crippen LogP contribution in [-0.4, -0.2) is 39.9 Å². The van der Waals surface area contributed by atoms with Gasteiger partial charge in [-0.3, -0.25) is 4.79 Å². The molecule has 120 valence electrons. The summed E-state index contributed by atoms with van der Waals surface area (Å²) < 4.78 is 5.50. The summed E-state index contributed by atoms with van der Waals surface area (Å²) in [6, 6.07) is 3.00. The number of aromatic nitrogens is 1. The van der Waals surface area contributed by atoms with Crippen molar-refractivity contribution in [2.24, 2.45) is 11.8 Å². The number of likely N-dealkylation sites (tertiary alicyclic amines) is 1. The normalized spacial score (nSPS) is 23.0. The van der Waals surface area contributed by atoms with Gasteiger partial charge in [0.05, 0.1) is 0 Å². The number of ether oxygens (including phenoxy) is 1. The molecule has 2 rings (SSSR count). The van der Waals surface area contributed by atoms with Crippen molar-refractivity contribution in [1.29, 1.82) is 0 Å². The lowest BCUT2D eigenvalue weighted by Gasteiger charge is -2.36. The number of piperidine rings is 1. The zero-order chi connectivity index (χ0) is 16.3. The van der Waals surface area contributed by atoms with E-state index in [2.05, 4.69) is 18.8 Å². The maximum Gasteiger partial charge on any atom is 0.406 e. The van der Waals surface area contributed by atoms with Gasteiger partial charge in [0.1, 0.15) is 6.20 Å². The summed E-state index contributed by atoms with van der Waals surface area (Å²) in [4.78, 5) is 28.3. The Bertz CT molecular complexity index is 553. The van der Waals surface area contributed by atoms with Gasteiger partial charge in [-0.05, 0) is 47.2 Å². The number of carbonyl (C=O) groups is 1. The predicted molar refractivity (Wildman–Crippen MR) is 80.5 cm³/mol. The van der Waals surface area contributed by atoms with Gasteiger partial charge in [0.2, 0.25) is 5.75 Å². The van der Waals surface area contributed by atoms with Crippen LogP contribution in [0.15, 0.2) is 18.3 Å². The van der Waals surface area contributed by atoms with Crippen molar-refractivity contribution >= 4 is 11.7 Å². The van der Waals surface area contributed by atoms with Crippen LogP contribution in [0.25, 0.3) is 0 Å². The monoisotopic (exact) mass is 307 g/mol. The average Bonchev–Trinajstić information content (AvgIpc) is 2.45. The molecule has 1 saturated heterocycles. The zero-order valence-electron chi connectivity index (χ0n) is 13.1. The Morgan fingerprint density at radius 2 is 2.09 bits per heavy atom. The molecule has 1 fully saturated rings. The molecule has 0 saturated carbocycles. The van der Waals surface area contributed by atoms with Crippen LogP contribution in [0.5, 0.6) is 5.75 Å². The molecule has 1 aliphatic heterocycles. The summed E-state index contributed by atoms with van der Waals surface area (Å²) in [5.41, 5.74) is 0. The van der Waals surface area contributed by atoms with Crippen LogP contribution in [0.4, 0.5) is 5.82 Å². The molecule has 1 amide bonds. The summed E-state index contributed by atoms with van der Waals surface area (Å²) in [6.07, 6.45) is 1.65. The Hall–Kier alpha value is -2.18. The standard InChI is InChI=1S/C15H21N3O4/c1-10-7-11(2)9-17(8-10)15(19)12(3)22-13-5-4-6-16-14(13)18(20)21/h4-6,10-12H,7-9H2,1-3H3/t10-,11-,12+/m1/s1. The third-order valence-electron chi connectivity index (χ3n) is 3.76. The maximum atomic E-state index is 12.5. The van der Waals surface area contributed by atoms with Crippen LogP contribution in [-0.2, 0) is 4.79 Å². The summed E-state index contributed by atoms with van der Waals surface area (Å²) in [6.45, 7) is 7.25. The lowest BCUT2D eigenvalue weighted by Crippen LogP contribution is -2.47. The summed E-state index contributed by atoms with van der Waals surface area (Å²) in [5.74, 6) is 0.408. The van der Waals surface area contributed by atoms with E-state index in [0.29, 0.717) is 24.9 Å². The van der Waals surface area contributed by atoms with Gasteiger partial charge in [-0.15, -0.1) is 0 Å². The first kappa shape index (κ1) is 16.2. The number of nitro groups is 1. The first-order valence-corrected chi connectivity index (χ1v) is 7.43. The summed E-state index contributed by atoms with van der Waals surface area (Å²) in [5, 5.41) is 10.9. The van der Waals surface area contributed by atoms with E-state index in [4.69, 9.17) is 4.74 Å². The van der Waals surface area contributed by atoms with Gasteiger partial charge in [0.25, 0.3) is 5.91 Å². The molecule has 0 bridgehead atoms. The first-order valence-electron chi connectivity index (χ1n) is 7.43. The van der Waals surface area contributed by atoms with Crippen molar-refractivity contribution in [1.82, 2.24) is 9.88 Å². The van der Waals surface area contributed by atoms with Crippen LogP contribution in [0.2, 0.25) is 0 Å². The number of nitrogens with zero attached hydrogens (tertiary/aromatic N) is 3. The van der Waals surface area contributed by atoms with E-state index in [-0.39, 0.29) is 17.5 Å². The van der Waals surface area contributed by atoms with Gasteiger partial charge in [-0.2, -0.15) is 0 Å². The van der Waals surface area contributed by atoms with E-state index < -0.39 is 11.0 Å². The molecule has 0 aliphatic carbocycles. The molecular weight excluding hydrogens is 286 g/mol. The maximum absolute atomic E-state index is 12.5. The minimum atomic E-state index is -0.777. The molecule has 22 heavy (non-hydrogen) atoms. The minimum Gasteiger partial charge on any atom is -0.473 e. The molecule has 0 unspecified atom stereocenters. The largest absolute Gasteiger partial charge is 0.473 e. The lowest BCUT2D eigenvalue weighted by molar-refractivity contribution is -0.390. The highest BCUT2D eigenvalue weighted by Gasteiger charge is 2.30. The Morgan fingerprint density at radius 1 is 1.45 bits per heavy atom. The number of rotatable bonds is 4. The van der Waals surface area contributed by atoms with Crippen molar-refractivity contribution in [3.05, 3.63) is 28.4 Å². The SMILES string of the molecule is C[C@@H]1C[C@@H](C)CN(C(=O)[C@H](C)Oc2cccnc2[N+](=O)[O-])C1. The Balaban J connectivity index is 2.07. The van der Waals surface area contributed by atoms with Gasteiger partial charge >= 0.3 is 5.82 Å². The van der Waals surface area contributed by atoms with E-state index >= 15 is 0 Å². The predicted octanol–water partition coefficient (Wildman–Crippen LogP) is 2.26. The first-order chi connectivity index (χ1) is 10.4. The van der Waals surface area contributed by atoms with E-state index in [9.17, 15) is 14.9 Å². The van der Waals surface area contributed by atoms with E-state index in [1.54, 1.807) is 17.9 Å². The quantitative estimate of drug-likeness (QED) is 0.629. The van der Waals surface area contributed by atoms with Crippen LogP contribution in [0.3, 0.4) is 0 Å². The summed E-state index contributed by atoms with van der Waals surface area (Å²) in [7, 11) is 0. The molecule has 2 heterocycles. The van der Waals surface area contributed by atoms with Crippen molar-refractivity contribution in [3.63, 3.8) is 0 Å². The number of hydrogen-bond acceptors (Lipinski definition) is 5. The third kappa shape index (κ3) is 3.72. The molecule has 1 aromatic heterocycles. The van der Waals surface area contributed by atoms with Crippen molar-refractivity contribution < 1.29 is 14.5 Å². The highest BCUT2D eigenvalue weighted by Crippen LogP contribution is 2.26. The van der Waals surface area contributed by atoms with Crippen LogP contribution >= 0.6 is 0 Å². The van der Waals surface area contributed by atoms with Gasteiger partial charge in [0, 0.05) is 13.1 Å². The highest BCUT2D eigenvalue weighted by atomic mass is 16.6. The molecule has 0 aromatic carbocycles. The van der Waals surface area contributed by atoms with Crippen LogP contribution < -0.4 is 4.74 Å². The van der Waals surface area contributed by atoms with Crippen molar-refractivity contribution in [2.45, 2.75) is 33.3 Å². The molecule has 1 aromatic rings. The smallest absolute Gasteiger partial charge is 0.406 e. The van der Waals surface area contributed by atoms with Crippen molar-refractivity contribution in [2.75, 3.05) is 13.1 Å². The highest BCUT2D eigenvalue weighted by molar-refractivity contribution is 5.81. The number of pyridine rings is 1. The van der Waals surface area contributed by atoms with Crippen LogP contribution in [0.1, 0.15) is 27.2 Å². The second kappa shape index (κ2) is 6.72. The van der Waals surface area contributed by atoms with Gasteiger partial charge in [-0.1, -0.05) is 13.8 Å². The summed E-state index contributed by atoms with van der Waals surface area (Å²) >= 11 is 0. The molecule has 1 aliphatic rings. The van der Waals surface area contributed by atoms with Crippen LogP contribution in [0, 0.1) is 22.0 Å². The second-order valence-electron chi connectivity index (χ2n) is 6.03. The number of hydrogen-bond donors (Lipinski definition) is 0. The lowest BCUT2D eigenvalue weighted by atomic mass is 9.91.